The van der Waals surface area contributed by atoms with Gasteiger partial charge < -0.3 is 4.65 Å². The van der Waals surface area contributed by atoms with Crippen LogP contribution in [0.15, 0.2) is 0 Å². The van der Waals surface area contributed by atoms with Crippen LogP contribution in [0.5, 0.6) is 0 Å². The molecular formula is C17H37BO. The summed E-state index contributed by atoms with van der Waals surface area (Å²) in [6.45, 7) is 5.08. The largest absolute Gasteiger partial charge is 0.439 e. The predicted octanol–water partition coefficient (Wildman–Crippen LogP) is 6.35. The maximum absolute atomic E-state index is 5.61. The Morgan fingerprint density at radius 2 is 0.947 bits per heavy atom. The molecule has 0 N–H and O–H groups in total. The highest BCUT2D eigenvalue weighted by Gasteiger charge is 2.12. The zero-order valence-corrected chi connectivity index (χ0v) is 13.9. The van der Waals surface area contributed by atoms with E-state index in [-0.39, 0.29) is 0 Å². The van der Waals surface area contributed by atoms with Gasteiger partial charge in [-0.1, -0.05) is 90.9 Å². The zero-order chi connectivity index (χ0) is 14.2. The molecule has 1 nitrogen and oxygen atoms in total. The highest BCUT2D eigenvalue weighted by Crippen LogP contribution is 2.15. The van der Waals surface area contributed by atoms with E-state index >= 15 is 0 Å². The van der Waals surface area contributed by atoms with Gasteiger partial charge in [0.2, 0.25) is 0 Å². The van der Waals surface area contributed by atoms with Crippen LogP contribution in [0.3, 0.4) is 0 Å². The summed E-state index contributed by atoms with van der Waals surface area (Å²) in [4.78, 5) is 0. The van der Waals surface area contributed by atoms with E-state index in [1.807, 2.05) is 7.11 Å². The molecule has 0 aromatic rings. The molecule has 0 unspecified atom stereocenters. The average molecular weight is 268 g/mol. The van der Waals surface area contributed by atoms with Crippen LogP contribution < -0.4 is 0 Å². The van der Waals surface area contributed by atoms with E-state index in [1.165, 1.54) is 89.7 Å². The minimum absolute atomic E-state index is 0.525. The van der Waals surface area contributed by atoms with Gasteiger partial charge in [0.15, 0.2) is 0 Å². The van der Waals surface area contributed by atoms with Gasteiger partial charge in [0.05, 0.1) is 0 Å². The van der Waals surface area contributed by atoms with Gasteiger partial charge in [-0.25, -0.2) is 0 Å². The summed E-state index contributed by atoms with van der Waals surface area (Å²) in [5.74, 6) is 0. The molecule has 0 rings (SSSR count). The van der Waals surface area contributed by atoms with E-state index in [4.69, 9.17) is 4.65 Å². The van der Waals surface area contributed by atoms with Gasteiger partial charge in [-0.05, 0) is 12.6 Å². The molecule has 0 aliphatic carbocycles. The normalized spacial score (nSPS) is 10.9. The van der Waals surface area contributed by atoms with Crippen molar-refractivity contribution >= 4 is 6.92 Å². The molecule has 0 aromatic heterocycles. The van der Waals surface area contributed by atoms with E-state index in [0.29, 0.717) is 6.92 Å². The molecule has 0 heterocycles. The lowest BCUT2D eigenvalue weighted by Gasteiger charge is -2.11. The van der Waals surface area contributed by atoms with Crippen molar-refractivity contribution in [3.63, 3.8) is 0 Å². The first-order chi connectivity index (χ1) is 9.35. The summed E-state index contributed by atoms with van der Waals surface area (Å²) in [5, 5.41) is 0. The molecule has 19 heavy (non-hydrogen) atoms. The molecule has 0 fully saturated rings. The monoisotopic (exact) mass is 268 g/mol. The van der Waals surface area contributed by atoms with Crippen LogP contribution in [-0.2, 0) is 4.65 Å². The molecule has 0 spiro atoms. The van der Waals surface area contributed by atoms with Crippen LogP contribution in [-0.4, -0.2) is 14.0 Å². The van der Waals surface area contributed by atoms with Crippen molar-refractivity contribution < 1.29 is 4.65 Å². The van der Waals surface area contributed by atoms with Crippen LogP contribution in [0, 0.1) is 0 Å². The molecule has 0 aliphatic heterocycles. The smallest absolute Gasteiger partial charge is 0.292 e. The topological polar surface area (TPSA) is 9.23 Å². The van der Waals surface area contributed by atoms with Crippen molar-refractivity contribution in [1.29, 1.82) is 0 Å². The van der Waals surface area contributed by atoms with Crippen molar-refractivity contribution in [1.82, 2.24) is 0 Å². The summed E-state index contributed by atoms with van der Waals surface area (Å²) in [6.07, 6.45) is 19.3. The van der Waals surface area contributed by atoms with Crippen LogP contribution >= 0.6 is 0 Å². The van der Waals surface area contributed by atoms with Crippen LogP contribution in [0.25, 0.3) is 0 Å². The molecule has 0 atom stereocenters. The second-order valence-corrected chi connectivity index (χ2v) is 5.97. The standard InChI is InChI=1S/C17H37BO/c1-4-6-8-10-12-14-16-18(19-3)17-15-13-11-9-7-5-2/h4-17H2,1-3H3. The molecular weight excluding hydrogens is 231 g/mol. The van der Waals surface area contributed by atoms with Gasteiger partial charge in [0.1, 0.15) is 0 Å². The average Bonchev–Trinajstić information content (AvgIpc) is 2.44. The molecule has 0 aromatic carbocycles. The van der Waals surface area contributed by atoms with Crippen molar-refractivity contribution in [2.45, 2.75) is 104 Å². The lowest BCUT2D eigenvalue weighted by atomic mass is 9.59. The third kappa shape index (κ3) is 14.2. The zero-order valence-electron chi connectivity index (χ0n) is 13.9. The van der Waals surface area contributed by atoms with Gasteiger partial charge in [0.25, 0.3) is 6.92 Å². The second kappa shape index (κ2) is 16.1. The lowest BCUT2D eigenvalue weighted by Crippen LogP contribution is -2.15. The first-order valence-corrected chi connectivity index (χ1v) is 8.87. The van der Waals surface area contributed by atoms with E-state index in [2.05, 4.69) is 13.8 Å². The Morgan fingerprint density at radius 1 is 0.579 bits per heavy atom. The Balaban J connectivity index is 3.30. The predicted molar refractivity (Wildman–Crippen MR) is 89.1 cm³/mol. The Hall–Kier alpha value is 0.0249. The van der Waals surface area contributed by atoms with E-state index in [0.717, 1.165) is 0 Å². The fourth-order valence-corrected chi connectivity index (χ4v) is 2.68. The van der Waals surface area contributed by atoms with Crippen LogP contribution in [0.2, 0.25) is 12.6 Å². The second-order valence-electron chi connectivity index (χ2n) is 5.97. The number of rotatable bonds is 15. The number of unbranched alkanes of at least 4 members (excludes halogenated alkanes) is 10. The number of hydrogen-bond donors (Lipinski definition) is 0. The SMILES string of the molecule is CCCCCCCCB(CCCCCCCC)OC. The maximum Gasteiger partial charge on any atom is 0.292 e. The third-order valence-corrected chi connectivity index (χ3v) is 4.09. The van der Waals surface area contributed by atoms with Gasteiger partial charge >= 0.3 is 0 Å². The first-order valence-electron chi connectivity index (χ1n) is 8.87. The molecule has 114 valence electrons. The Kier molecular flexibility index (Phi) is 16.1. The number of hydrogen-bond acceptors (Lipinski definition) is 1. The van der Waals surface area contributed by atoms with Crippen molar-refractivity contribution in [3.05, 3.63) is 0 Å². The summed E-state index contributed by atoms with van der Waals surface area (Å²) in [7, 11) is 1.89. The highest BCUT2D eigenvalue weighted by atomic mass is 16.4. The van der Waals surface area contributed by atoms with Gasteiger partial charge in [-0.3, -0.25) is 0 Å². The van der Waals surface area contributed by atoms with Crippen LogP contribution in [0.4, 0.5) is 0 Å². The Labute approximate surface area is 123 Å². The van der Waals surface area contributed by atoms with E-state index < -0.39 is 0 Å². The third-order valence-electron chi connectivity index (χ3n) is 4.09. The minimum Gasteiger partial charge on any atom is -0.439 e. The lowest BCUT2D eigenvalue weighted by molar-refractivity contribution is 0.412. The fraction of sp³-hybridized carbons (Fsp3) is 1.00. The van der Waals surface area contributed by atoms with Gasteiger partial charge in [0, 0.05) is 7.11 Å². The molecule has 2 heteroatoms. The summed E-state index contributed by atoms with van der Waals surface area (Å²) >= 11 is 0. The molecule has 0 amide bonds. The summed E-state index contributed by atoms with van der Waals surface area (Å²) in [6, 6.07) is 0. The maximum atomic E-state index is 5.61. The van der Waals surface area contributed by atoms with Crippen molar-refractivity contribution in [3.8, 4) is 0 Å². The quantitative estimate of drug-likeness (QED) is 0.248. The van der Waals surface area contributed by atoms with Gasteiger partial charge in [-0.2, -0.15) is 0 Å². The van der Waals surface area contributed by atoms with Gasteiger partial charge in [-0.15, -0.1) is 0 Å². The Morgan fingerprint density at radius 3 is 1.32 bits per heavy atom. The first kappa shape index (κ1) is 19.0. The minimum atomic E-state index is 0.525. The molecule has 0 saturated carbocycles. The molecule has 0 bridgehead atoms. The van der Waals surface area contributed by atoms with E-state index in [1.54, 1.807) is 0 Å². The van der Waals surface area contributed by atoms with Crippen molar-refractivity contribution in [2.75, 3.05) is 7.11 Å². The molecule has 0 saturated heterocycles. The van der Waals surface area contributed by atoms with Crippen LogP contribution in [0.1, 0.15) is 90.9 Å². The fourth-order valence-electron chi connectivity index (χ4n) is 2.68. The van der Waals surface area contributed by atoms with E-state index in [9.17, 15) is 0 Å². The van der Waals surface area contributed by atoms with Crippen molar-refractivity contribution in [2.24, 2.45) is 0 Å². The summed E-state index contributed by atoms with van der Waals surface area (Å²) < 4.78 is 5.61. The molecule has 0 aliphatic rings. The molecule has 0 radical (unpaired) electrons. The summed E-state index contributed by atoms with van der Waals surface area (Å²) in [5.41, 5.74) is 0. The highest BCUT2D eigenvalue weighted by molar-refractivity contribution is 6.51. The Bertz CT molecular complexity index is 145.